The van der Waals surface area contributed by atoms with E-state index in [4.69, 9.17) is 0 Å². The van der Waals surface area contributed by atoms with Crippen molar-refractivity contribution >= 4 is 22.6 Å². The highest BCUT2D eigenvalue weighted by Gasteiger charge is 2.35. The fourth-order valence-electron chi connectivity index (χ4n) is 5.38. The lowest BCUT2D eigenvalue weighted by Gasteiger charge is -2.40. The fraction of sp³-hybridized carbons (Fsp3) is 0.379. The number of alkyl halides is 3. The van der Waals surface area contributed by atoms with Crippen molar-refractivity contribution in [2.45, 2.75) is 51.4 Å². The largest absolute Gasteiger partial charge is 0.416 e. The average molecular weight is 511 g/mol. The summed E-state index contributed by atoms with van der Waals surface area (Å²) in [5, 5.41) is 10.2. The van der Waals surface area contributed by atoms with Crippen molar-refractivity contribution < 1.29 is 18.0 Å². The van der Waals surface area contributed by atoms with Gasteiger partial charge in [-0.1, -0.05) is 44.0 Å². The van der Waals surface area contributed by atoms with Crippen molar-refractivity contribution in [1.29, 1.82) is 0 Å². The van der Waals surface area contributed by atoms with Crippen LogP contribution >= 0.6 is 0 Å². The highest BCUT2D eigenvalue weighted by Crippen LogP contribution is 2.35. The highest BCUT2D eigenvalue weighted by molar-refractivity contribution is 5.90. The van der Waals surface area contributed by atoms with Gasteiger partial charge < -0.3 is 16.0 Å². The zero-order valence-electron chi connectivity index (χ0n) is 21.1. The van der Waals surface area contributed by atoms with E-state index < -0.39 is 23.8 Å². The molecular weight excluding hydrogens is 477 g/mol. The number of benzene rings is 2. The number of nitrogens with one attached hydrogen (secondary N) is 3. The third kappa shape index (κ3) is 6.31. The van der Waals surface area contributed by atoms with Crippen LogP contribution in [-0.4, -0.2) is 23.6 Å². The summed E-state index contributed by atoms with van der Waals surface area (Å²) >= 11 is 0. The second-order valence-corrected chi connectivity index (χ2v) is 9.78. The third-order valence-corrected chi connectivity index (χ3v) is 7.11. The first-order valence-corrected chi connectivity index (χ1v) is 12.7. The number of rotatable bonds is 7. The van der Waals surface area contributed by atoms with Gasteiger partial charge in [-0.3, -0.25) is 4.98 Å². The molecule has 0 bridgehead atoms. The number of hydrogen-bond donors (Lipinski definition) is 3. The molecule has 3 N–H and O–H groups in total. The molecule has 1 aliphatic rings. The van der Waals surface area contributed by atoms with Crippen molar-refractivity contribution in [2.24, 2.45) is 11.8 Å². The molecule has 4 rings (SSSR count). The number of anilines is 1. The molecule has 2 amide bonds. The number of para-hydroxylation sites is 1. The maximum Gasteiger partial charge on any atom is 0.416 e. The van der Waals surface area contributed by atoms with E-state index in [1.165, 1.54) is 6.07 Å². The number of piperidine rings is 1. The van der Waals surface area contributed by atoms with Gasteiger partial charge in [0.05, 0.1) is 17.1 Å². The molecule has 8 heteroatoms. The number of urea groups is 1. The van der Waals surface area contributed by atoms with Gasteiger partial charge in [-0.15, -0.1) is 6.58 Å². The van der Waals surface area contributed by atoms with E-state index in [-0.39, 0.29) is 11.7 Å². The Bertz CT molecular complexity index is 1250. The summed E-state index contributed by atoms with van der Waals surface area (Å²) in [5.74, 6) is 0.758. The van der Waals surface area contributed by atoms with Crippen LogP contribution in [0.2, 0.25) is 0 Å². The lowest BCUT2D eigenvalue weighted by molar-refractivity contribution is -0.137. The van der Waals surface area contributed by atoms with Crippen molar-refractivity contribution in [3.05, 3.63) is 84.1 Å². The van der Waals surface area contributed by atoms with Crippen LogP contribution in [0.4, 0.5) is 23.7 Å². The van der Waals surface area contributed by atoms with Crippen LogP contribution in [0, 0.1) is 18.8 Å². The molecule has 1 aromatic heterocycles. The summed E-state index contributed by atoms with van der Waals surface area (Å²) in [6.07, 6.45) is 2.14. The van der Waals surface area contributed by atoms with Gasteiger partial charge in [0.25, 0.3) is 0 Å². The Hall–Kier alpha value is -3.39. The van der Waals surface area contributed by atoms with Gasteiger partial charge in [0, 0.05) is 29.9 Å². The van der Waals surface area contributed by atoms with Gasteiger partial charge in [0.2, 0.25) is 0 Å². The topological polar surface area (TPSA) is 66.0 Å². The number of aryl methyl sites for hydroxylation is 1. The van der Waals surface area contributed by atoms with E-state index in [1.807, 2.05) is 36.4 Å². The molecule has 0 aliphatic carbocycles. The quantitative estimate of drug-likeness (QED) is 0.300. The molecule has 3 aromatic rings. The summed E-state index contributed by atoms with van der Waals surface area (Å²) < 4.78 is 40.0. The summed E-state index contributed by atoms with van der Waals surface area (Å²) in [6.45, 7) is 8.48. The Labute approximate surface area is 215 Å². The molecule has 37 heavy (non-hydrogen) atoms. The Balaban J connectivity index is 1.65. The molecule has 196 valence electrons. The summed E-state index contributed by atoms with van der Waals surface area (Å²) in [6, 6.07) is 12.1. The Kier molecular flexibility index (Phi) is 8.17. The van der Waals surface area contributed by atoms with Gasteiger partial charge in [-0.2, -0.15) is 13.2 Å². The number of carbonyl (C=O) groups is 1. The lowest BCUT2D eigenvalue weighted by Crippen LogP contribution is -2.51. The Morgan fingerprint density at radius 2 is 2.03 bits per heavy atom. The molecule has 0 radical (unpaired) electrons. The standard InChI is InChI=1S/C29H33F3N4O/c1-4-8-20-15-26(34-17-19(20)5-2)27(24-11-12-33-25-10-7-6-9-23(24)25)36-28(37)35-22-14-18(3)13-21(16-22)29(30,31)32/h5-7,9-14,16,19-20,26-27,34H,2,4,8,15,17H2,1,3H3,(H2,35,36,37)/t19?,20?,26?,27-/m1/s1. The monoisotopic (exact) mass is 510 g/mol. The maximum atomic E-state index is 13.3. The molecule has 4 atom stereocenters. The molecule has 0 spiro atoms. The SMILES string of the molecule is C=CC1CNC([C@H](NC(=O)Nc2cc(C)cc(C(F)(F)F)c2)c2ccnc3ccccc23)CC1CCC. The summed E-state index contributed by atoms with van der Waals surface area (Å²) in [4.78, 5) is 17.7. The number of nitrogens with zero attached hydrogens (tertiary/aromatic N) is 1. The smallest absolute Gasteiger partial charge is 0.329 e. The second-order valence-electron chi connectivity index (χ2n) is 9.78. The number of hydrogen-bond acceptors (Lipinski definition) is 3. The Morgan fingerprint density at radius 3 is 2.76 bits per heavy atom. The van der Waals surface area contributed by atoms with Gasteiger partial charge >= 0.3 is 12.2 Å². The minimum absolute atomic E-state index is 0.0763. The van der Waals surface area contributed by atoms with E-state index >= 15 is 0 Å². The third-order valence-electron chi connectivity index (χ3n) is 7.11. The van der Waals surface area contributed by atoms with Crippen LogP contribution in [0.1, 0.15) is 48.9 Å². The molecule has 0 saturated carbocycles. The molecule has 2 aromatic carbocycles. The van der Waals surface area contributed by atoms with Crippen LogP contribution in [0.5, 0.6) is 0 Å². The van der Waals surface area contributed by atoms with E-state index in [0.29, 0.717) is 17.4 Å². The lowest BCUT2D eigenvalue weighted by atomic mass is 9.77. The first-order valence-electron chi connectivity index (χ1n) is 12.7. The minimum Gasteiger partial charge on any atom is -0.329 e. The van der Waals surface area contributed by atoms with E-state index in [0.717, 1.165) is 54.4 Å². The predicted octanol–water partition coefficient (Wildman–Crippen LogP) is 7.01. The molecule has 1 saturated heterocycles. The van der Waals surface area contributed by atoms with E-state index in [1.54, 1.807) is 13.1 Å². The molecule has 1 aliphatic heterocycles. The maximum absolute atomic E-state index is 13.3. The van der Waals surface area contributed by atoms with Crippen LogP contribution in [-0.2, 0) is 6.18 Å². The van der Waals surface area contributed by atoms with E-state index in [2.05, 4.69) is 34.4 Å². The first-order chi connectivity index (χ1) is 17.7. The van der Waals surface area contributed by atoms with Crippen LogP contribution in [0.25, 0.3) is 10.9 Å². The van der Waals surface area contributed by atoms with Crippen LogP contribution < -0.4 is 16.0 Å². The number of fused-ring (bicyclic) bond motifs is 1. The fourth-order valence-corrected chi connectivity index (χ4v) is 5.38. The van der Waals surface area contributed by atoms with Gasteiger partial charge in [0.15, 0.2) is 0 Å². The van der Waals surface area contributed by atoms with Gasteiger partial charge in [0.1, 0.15) is 0 Å². The number of carbonyl (C=O) groups excluding carboxylic acids is 1. The summed E-state index contributed by atoms with van der Waals surface area (Å²) in [7, 11) is 0. The van der Waals surface area contributed by atoms with Crippen LogP contribution in [0.3, 0.4) is 0 Å². The molecule has 1 fully saturated rings. The van der Waals surface area contributed by atoms with Crippen molar-refractivity contribution in [1.82, 2.24) is 15.6 Å². The van der Waals surface area contributed by atoms with Gasteiger partial charge in [-0.25, -0.2) is 4.79 Å². The number of pyridine rings is 1. The number of halogens is 3. The van der Waals surface area contributed by atoms with Gasteiger partial charge in [-0.05, 0) is 66.6 Å². The molecule has 5 nitrogen and oxygen atoms in total. The van der Waals surface area contributed by atoms with E-state index in [9.17, 15) is 18.0 Å². The highest BCUT2D eigenvalue weighted by atomic mass is 19.4. The molecule has 2 heterocycles. The number of aromatic nitrogens is 1. The van der Waals surface area contributed by atoms with Crippen molar-refractivity contribution in [3.8, 4) is 0 Å². The minimum atomic E-state index is -4.50. The molecular formula is C29H33F3N4O. The zero-order valence-corrected chi connectivity index (χ0v) is 21.1. The average Bonchev–Trinajstić information content (AvgIpc) is 2.86. The van der Waals surface area contributed by atoms with Crippen LogP contribution in [0.15, 0.2) is 67.4 Å². The van der Waals surface area contributed by atoms with Crippen molar-refractivity contribution in [3.63, 3.8) is 0 Å². The zero-order chi connectivity index (χ0) is 26.6. The number of amides is 2. The predicted molar refractivity (Wildman–Crippen MR) is 141 cm³/mol. The first kappa shape index (κ1) is 26.7. The Morgan fingerprint density at radius 1 is 1.24 bits per heavy atom. The van der Waals surface area contributed by atoms with Crippen molar-refractivity contribution in [2.75, 3.05) is 11.9 Å². The molecule has 3 unspecified atom stereocenters. The second kappa shape index (κ2) is 11.3. The summed E-state index contributed by atoms with van der Waals surface area (Å²) in [5.41, 5.74) is 1.42. The normalized spacial score (nSPS) is 20.8.